The third-order valence-corrected chi connectivity index (χ3v) is 3.46. The number of hydrogen-bond acceptors (Lipinski definition) is 4. The summed E-state index contributed by atoms with van der Waals surface area (Å²) >= 11 is 3.25. The monoisotopic (exact) mass is 280 g/mol. The quantitative estimate of drug-likeness (QED) is 0.795. The molecule has 0 radical (unpaired) electrons. The molecule has 0 atom stereocenters. The lowest BCUT2D eigenvalue weighted by Crippen LogP contribution is -1.97. The van der Waals surface area contributed by atoms with Crippen LogP contribution in [0.5, 0.6) is 5.75 Å². The molecule has 0 heterocycles. The van der Waals surface area contributed by atoms with Gasteiger partial charge in [-0.15, -0.1) is 0 Å². The third-order valence-electron chi connectivity index (χ3n) is 1.49. The van der Waals surface area contributed by atoms with E-state index in [2.05, 4.69) is 25.0 Å². The van der Waals surface area contributed by atoms with E-state index in [1.54, 1.807) is 18.2 Å². The van der Waals surface area contributed by atoms with E-state index in [4.69, 9.17) is 4.52 Å². The van der Waals surface area contributed by atoms with Gasteiger partial charge in [-0.1, -0.05) is 12.1 Å². The molecule has 0 aliphatic carbocycles. The van der Waals surface area contributed by atoms with Gasteiger partial charge in [0.2, 0.25) is 0 Å². The highest BCUT2D eigenvalue weighted by Crippen LogP contribution is 2.49. The van der Waals surface area contributed by atoms with Crippen LogP contribution in [0, 0.1) is 0 Å². The van der Waals surface area contributed by atoms with Crippen LogP contribution in [0.1, 0.15) is 0 Å². The minimum atomic E-state index is -3.46. The van der Waals surface area contributed by atoms with Gasteiger partial charge in [-0.25, -0.2) is 4.57 Å². The number of phosphoric acid groups is 1. The largest absolute Gasteiger partial charge is 0.529 e. The van der Waals surface area contributed by atoms with Gasteiger partial charge in [-0.3, -0.25) is 9.05 Å². The van der Waals surface area contributed by atoms with Crippen molar-refractivity contribution in [3.8, 4) is 5.75 Å². The van der Waals surface area contributed by atoms with Crippen LogP contribution in [0.2, 0.25) is 0 Å². The summed E-state index contributed by atoms with van der Waals surface area (Å²) in [5.41, 5.74) is 0. The highest BCUT2D eigenvalue weighted by molar-refractivity contribution is 9.10. The van der Waals surface area contributed by atoms with Crippen molar-refractivity contribution in [2.24, 2.45) is 0 Å². The molecular formula is C8H10BrO4P. The summed E-state index contributed by atoms with van der Waals surface area (Å²) in [5, 5.41) is 0. The van der Waals surface area contributed by atoms with Gasteiger partial charge in [0.25, 0.3) is 0 Å². The fraction of sp³-hybridized carbons (Fsp3) is 0.250. The molecule has 78 valence electrons. The molecule has 0 unspecified atom stereocenters. The lowest BCUT2D eigenvalue weighted by atomic mass is 10.3. The molecule has 0 aliphatic heterocycles. The summed E-state index contributed by atoms with van der Waals surface area (Å²) in [4.78, 5) is 0. The molecule has 0 bridgehead atoms. The van der Waals surface area contributed by atoms with Gasteiger partial charge in [0, 0.05) is 14.2 Å². The average Bonchev–Trinajstić information content (AvgIpc) is 2.21. The summed E-state index contributed by atoms with van der Waals surface area (Å²) in [6, 6.07) is 7.01. The Balaban J connectivity index is 2.88. The topological polar surface area (TPSA) is 44.8 Å². The third kappa shape index (κ3) is 2.82. The summed E-state index contributed by atoms with van der Waals surface area (Å²) in [7, 11) is -0.930. The Kier molecular flexibility index (Phi) is 4.13. The molecule has 0 aliphatic rings. The van der Waals surface area contributed by atoms with E-state index < -0.39 is 7.82 Å². The Labute approximate surface area is 90.9 Å². The molecular weight excluding hydrogens is 271 g/mol. The normalized spacial score (nSPS) is 11.4. The zero-order valence-corrected chi connectivity index (χ0v) is 10.2. The average molecular weight is 281 g/mol. The van der Waals surface area contributed by atoms with Gasteiger partial charge in [-0.05, 0) is 28.1 Å². The van der Waals surface area contributed by atoms with Crippen molar-refractivity contribution in [2.75, 3.05) is 14.2 Å². The van der Waals surface area contributed by atoms with E-state index in [-0.39, 0.29) is 0 Å². The second kappa shape index (κ2) is 4.94. The van der Waals surface area contributed by atoms with Gasteiger partial charge in [0.05, 0.1) is 4.47 Å². The van der Waals surface area contributed by atoms with Crippen LogP contribution in [-0.2, 0) is 13.6 Å². The van der Waals surface area contributed by atoms with Crippen molar-refractivity contribution >= 4 is 23.8 Å². The maximum absolute atomic E-state index is 11.6. The van der Waals surface area contributed by atoms with Gasteiger partial charge < -0.3 is 4.52 Å². The molecule has 0 saturated carbocycles. The maximum atomic E-state index is 11.6. The smallest absolute Gasteiger partial charge is 0.403 e. The number of phosphoric ester groups is 1. The maximum Gasteiger partial charge on any atom is 0.529 e. The van der Waals surface area contributed by atoms with E-state index in [1.165, 1.54) is 14.2 Å². The van der Waals surface area contributed by atoms with Crippen molar-refractivity contribution in [1.29, 1.82) is 0 Å². The molecule has 0 saturated heterocycles. The number of para-hydroxylation sites is 1. The van der Waals surface area contributed by atoms with Crippen LogP contribution >= 0.6 is 23.8 Å². The second-order valence-electron chi connectivity index (χ2n) is 2.33. The predicted octanol–water partition coefficient (Wildman–Crippen LogP) is 3.23. The summed E-state index contributed by atoms with van der Waals surface area (Å²) in [5.74, 6) is 0.416. The standard InChI is InChI=1S/C8H10BrO4P/c1-11-14(10,12-2)13-8-6-4-3-5-7(8)9/h3-6H,1-2H3. The first kappa shape index (κ1) is 11.7. The van der Waals surface area contributed by atoms with Crippen LogP contribution in [-0.4, -0.2) is 14.2 Å². The summed E-state index contributed by atoms with van der Waals surface area (Å²) in [6.07, 6.45) is 0. The van der Waals surface area contributed by atoms with Crippen LogP contribution in [0.4, 0.5) is 0 Å². The first-order valence-corrected chi connectivity index (χ1v) is 6.02. The Morgan fingerprint density at radius 1 is 1.21 bits per heavy atom. The zero-order valence-electron chi connectivity index (χ0n) is 7.77. The first-order valence-electron chi connectivity index (χ1n) is 3.77. The molecule has 1 aromatic rings. The highest BCUT2D eigenvalue weighted by Gasteiger charge is 2.25. The second-order valence-corrected chi connectivity index (χ2v) is 5.00. The molecule has 1 aromatic carbocycles. The Morgan fingerprint density at radius 3 is 2.29 bits per heavy atom. The van der Waals surface area contributed by atoms with Crippen LogP contribution in [0.3, 0.4) is 0 Å². The van der Waals surface area contributed by atoms with Gasteiger partial charge in [0.1, 0.15) is 5.75 Å². The molecule has 4 nitrogen and oxygen atoms in total. The molecule has 1 rings (SSSR count). The van der Waals surface area contributed by atoms with Crippen molar-refractivity contribution in [2.45, 2.75) is 0 Å². The minimum absolute atomic E-state index is 0.416. The molecule has 0 fully saturated rings. The van der Waals surface area contributed by atoms with Crippen LogP contribution < -0.4 is 4.52 Å². The minimum Gasteiger partial charge on any atom is -0.403 e. The molecule has 0 aromatic heterocycles. The van der Waals surface area contributed by atoms with Crippen molar-refractivity contribution < 1.29 is 18.1 Å². The number of halogens is 1. The van der Waals surface area contributed by atoms with E-state index in [0.717, 1.165) is 0 Å². The van der Waals surface area contributed by atoms with Gasteiger partial charge in [-0.2, -0.15) is 0 Å². The number of rotatable bonds is 4. The summed E-state index contributed by atoms with van der Waals surface area (Å²) < 4.78 is 26.6. The summed E-state index contributed by atoms with van der Waals surface area (Å²) in [6.45, 7) is 0. The van der Waals surface area contributed by atoms with Crippen molar-refractivity contribution in [3.05, 3.63) is 28.7 Å². The fourth-order valence-corrected chi connectivity index (χ4v) is 1.98. The number of benzene rings is 1. The Hall–Kier alpha value is -0.350. The molecule has 0 amide bonds. The van der Waals surface area contributed by atoms with E-state index in [1.807, 2.05) is 6.07 Å². The molecule has 6 heteroatoms. The van der Waals surface area contributed by atoms with Crippen LogP contribution in [0.25, 0.3) is 0 Å². The Morgan fingerprint density at radius 2 is 1.79 bits per heavy atom. The van der Waals surface area contributed by atoms with Crippen molar-refractivity contribution in [3.63, 3.8) is 0 Å². The SMILES string of the molecule is COP(=O)(OC)Oc1ccccc1Br. The molecule has 0 N–H and O–H groups in total. The first-order chi connectivity index (χ1) is 6.61. The van der Waals surface area contributed by atoms with Gasteiger partial charge in [0.15, 0.2) is 0 Å². The van der Waals surface area contributed by atoms with E-state index in [9.17, 15) is 4.57 Å². The fourth-order valence-electron chi connectivity index (χ4n) is 0.788. The van der Waals surface area contributed by atoms with E-state index >= 15 is 0 Å². The van der Waals surface area contributed by atoms with Crippen LogP contribution in [0.15, 0.2) is 28.7 Å². The van der Waals surface area contributed by atoms with Gasteiger partial charge >= 0.3 is 7.82 Å². The Bertz CT molecular complexity index is 347. The predicted molar refractivity (Wildman–Crippen MR) is 56.4 cm³/mol. The number of hydrogen-bond donors (Lipinski definition) is 0. The highest BCUT2D eigenvalue weighted by atomic mass is 79.9. The lowest BCUT2D eigenvalue weighted by Gasteiger charge is -2.14. The molecule has 14 heavy (non-hydrogen) atoms. The lowest BCUT2D eigenvalue weighted by molar-refractivity contribution is 0.211. The van der Waals surface area contributed by atoms with Crippen molar-refractivity contribution in [1.82, 2.24) is 0 Å². The van der Waals surface area contributed by atoms with E-state index in [0.29, 0.717) is 10.2 Å². The zero-order chi connectivity index (χ0) is 10.6. The molecule has 0 spiro atoms.